The van der Waals surface area contributed by atoms with E-state index >= 15 is 0 Å². The lowest BCUT2D eigenvalue weighted by Gasteiger charge is -2.30. The fraction of sp³-hybridized carbons (Fsp3) is 0.667. The number of carbonyl (C=O) groups is 3. The minimum atomic E-state index is -0.914. The van der Waals surface area contributed by atoms with Crippen LogP contribution >= 0.6 is 0 Å². The van der Waals surface area contributed by atoms with Gasteiger partial charge in [0.1, 0.15) is 11.8 Å². The minimum Gasteiger partial charge on any atom is -0.480 e. The molecule has 1 aliphatic rings. The highest BCUT2D eigenvalue weighted by Crippen LogP contribution is 2.35. The molecule has 0 radical (unpaired) electrons. The zero-order valence-electron chi connectivity index (χ0n) is 12.6. The Bertz CT molecular complexity index is 432. The summed E-state index contributed by atoms with van der Waals surface area (Å²) in [4.78, 5) is 34.5. The summed E-state index contributed by atoms with van der Waals surface area (Å²) in [5.74, 6) is -1.26. The first-order chi connectivity index (χ1) is 9.91. The van der Waals surface area contributed by atoms with E-state index in [1.165, 1.54) is 0 Å². The quantitative estimate of drug-likeness (QED) is 0.398. The highest BCUT2D eigenvalue weighted by molar-refractivity contribution is 5.91. The van der Waals surface area contributed by atoms with E-state index in [1.54, 1.807) is 26.0 Å². The number of hydrogen-bond acceptors (Lipinski definition) is 5. The molecule has 2 N–H and O–H groups in total. The van der Waals surface area contributed by atoms with Crippen molar-refractivity contribution in [1.82, 2.24) is 5.32 Å². The van der Waals surface area contributed by atoms with Gasteiger partial charge in [-0.05, 0) is 33.2 Å². The predicted molar refractivity (Wildman–Crippen MR) is 76.8 cm³/mol. The fourth-order valence-electron chi connectivity index (χ4n) is 2.40. The van der Waals surface area contributed by atoms with Crippen LogP contribution in [0.5, 0.6) is 0 Å². The number of esters is 1. The molecule has 1 unspecified atom stereocenters. The molecule has 1 aliphatic carbocycles. The summed E-state index contributed by atoms with van der Waals surface area (Å²) in [6.45, 7) is 4.04. The van der Waals surface area contributed by atoms with Crippen LogP contribution in [0.2, 0.25) is 0 Å². The summed E-state index contributed by atoms with van der Waals surface area (Å²) < 4.78 is 5.09. The topological polar surface area (TPSA) is 92.7 Å². The zero-order valence-corrected chi connectivity index (χ0v) is 12.6. The SMILES string of the molecule is CCOC(=O)C1(CCCN[C@@H](C)C(=O)O)C=CCC(=O)C1. The molecule has 0 aliphatic heterocycles. The Morgan fingerprint density at radius 3 is 2.81 bits per heavy atom. The van der Waals surface area contributed by atoms with Crippen molar-refractivity contribution in [2.24, 2.45) is 5.41 Å². The summed E-state index contributed by atoms with van der Waals surface area (Å²) in [6.07, 6.45) is 5.07. The molecular weight excluding hydrogens is 274 g/mol. The largest absolute Gasteiger partial charge is 0.480 e. The van der Waals surface area contributed by atoms with Crippen LogP contribution in [-0.4, -0.2) is 42.0 Å². The molecule has 0 saturated carbocycles. The molecule has 0 aromatic heterocycles. The van der Waals surface area contributed by atoms with E-state index in [9.17, 15) is 14.4 Å². The molecule has 0 amide bonds. The Morgan fingerprint density at radius 2 is 2.24 bits per heavy atom. The number of ether oxygens (including phenoxy) is 1. The van der Waals surface area contributed by atoms with Crippen molar-refractivity contribution in [3.05, 3.63) is 12.2 Å². The lowest BCUT2D eigenvalue weighted by molar-refractivity contribution is -0.155. The third-order valence-corrected chi connectivity index (χ3v) is 3.60. The highest BCUT2D eigenvalue weighted by Gasteiger charge is 2.40. The van der Waals surface area contributed by atoms with E-state index in [-0.39, 0.29) is 24.8 Å². The molecule has 1 rings (SSSR count). The Labute approximate surface area is 124 Å². The molecule has 0 saturated heterocycles. The maximum atomic E-state index is 12.2. The smallest absolute Gasteiger partial charge is 0.320 e. The van der Waals surface area contributed by atoms with Gasteiger partial charge in [0.2, 0.25) is 0 Å². The first-order valence-corrected chi connectivity index (χ1v) is 7.24. The lowest BCUT2D eigenvalue weighted by atomic mass is 9.75. The van der Waals surface area contributed by atoms with Gasteiger partial charge in [-0.2, -0.15) is 0 Å². The molecule has 2 atom stereocenters. The highest BCUT2D eigenvalue weighted by atomic mass is 16.5. The molecule has 118 valence electrons. The van der Waals surface area contributed by atoms with Crippen LogP contribution in [0.4, 0.5) is 0 Å². The first-order valence-electron chi connectivity index (χ1n) is 7.24. The van der Waals surface area contributed by atoms with Crippen molar-refractivity contribution in [1.29, 1.82) is 0 Å². The number of ketones is 1. The van der Waals surface area contributed by atoms with Crippen molar-refractivity contribution >= 4 is 17.7 Å². The van der Waals surface area contributed by atoms with Crippen LogP contribution < -0.4 is 5.32 Å². The van der Waals surface area contributed by atoms with Gasteiger partial charge >= 0.3 is 11.9 Å². The van der Waals surface area contributed by atoms with E-state index < -0.39 is 17.4 Å². The maximum Gasteiger partial charge on any atom is 0.320 e. The van der Waals surface area contributed by atoms with Gasteiger partial charge in [0.05, 0.1) is 12.0 Å². The van der Waals surface area contributed by atoms with Gasteiger partial charge in [0.15, 0.2) is 0 Å². The fourth-order valence-corrected chi connectivity index (χ4v) is 2.40. The van der Waals surface area contributed by atoms with Crippen LogP contribution in [0.25, 0.3) is 0 Å². The molecule has 6 nitrogen and oxygen atoms in total. The van der Waals surface area contributed by atoms with Gasteiger partial charge in [-0.1, -0.05) is 12.2 Å². The summed E-state index contributed by atoms with van der Waals surface area (Å²) >= 11 is 0. The van der Waals surface area contributed by atoms with Gasteiger partial charge in [-0.25, -0.2) is 0 Å². The first kappa shape index (κ1) is 17.4. The standard InChI is InChI=1S/C15H23NO5/c1-3-21-14(20)15(7-4-6-12(17)10-15)8-5-9-16-11(2)13(18)19/h4,7,11,16H,3,5-6,8-10H2,1-2H3,(H,18,19)/t11-,15?/m0/s1. The Morgan fingerprint density at radius 1 is 1.52 bits per heavy atom. The summed E-state index contributed by atoms with van der Waals surface area (Å²) in [7, 11) is 0. The molecule has 0 bridgehead atoms. The number of rotatable bonds is 8. The van der Waals surface area contributed by atoms with Crippen LogP contribution in [0.15, 0.2) is 12.2 Å². The summed E-state index contributed by atoms with van der Waals surface area (Å²) in [5.41, 5.74) is -0.889. The van der Waals surface area contributed by atoms with E-state index in [0.717, 1.165) is 0 Å². The van der Waals surface area contributed by atoms with Crippen molar-refractivity contribution in [2.45, 2.75) is 45.6 Å². The summed E-state index contributed by atoms with van der Waals surface area (Å²) in [6, 6.07) is -0.632. The normalized spacial score (nSPS) is 22.9. The molecule has 0 spiro atoms. The van der Waals surface area contributed by atoms with Crippen LogP contribution in [0.1, 0.15) is 39.5 Å². The van der Waals surface area contributed by atoms with E-state index in [2.05, 4.69) is 5.32 Å². The Hall–Kier alpha value is -1.69. The number of allylic oxidation sites excluding steroid dienone is 1. The lowest BCUT2D eigenvalue weighted by Crippen LogP contribution is -2.38. The second-order valence-corrected chi connectivity index (χ2v) is 5.32. The van der Waals surface area contributed by atoms with Crippen molar-refractivity contribution in [3.63, 3.8) is 0 Å². The molecule has 21 heavy (non-hydrogen) atoms. The third-order valence-electron chi connectivity index (χ3n) is 3.60. The van der Waals surface area contributed by atoms with Gasteiger partial charge < -0.3 is 15.2 Å². The molecule has 6 heteroatoms. The minimum absolute atomic E-state index is 0.0254. The Kier molecular flexibility index (Phi) is 6.55. The second kappa shape index (κ2) is 7.93. The monoisotopic (exact) mass is 297 g/mol. The number of carbonyl (C=O) groups excluding carboxylic acids is 2. The van der Waals surface area contributed by atoms with Gasteiger partial charge in [0.25, 0.3) is 0 Å². The predicted octanol–water partition coefficient (Wildman–Crippen LogP) is 1.30. The molecule has 0 heterocycles. The van der Waals surface area contributed by atoms with Gasteiger partial charge in [-0.3, -0.25) is 14.4 Å². The molecule has 0 aromatic carbocycles. The zero-order chi connectivity index (χ0) is 15.9. The molecule has 0 fully saturated rings. The van der Waals surface area contributed by atoms with Crippen LogP contribution in [0, 0.1) is 5.41 Å². The van der Waals surface area contributed by atoms with Crippen molar-refractivity contribution in [3.8, 4) is 0 Å². The average Bonchev–Trinajstić information content (AvgIpc) is 2.43. The second-order valence-electron chi connectivity index (χ2n) is 5.32. The molecular formula is C15H23NO5. The number of nitrogens with one attached hydrogen (secondary N) is 1. The van der Waals surface area contributed by atoms with Crippen LogP contribution in [-0.2, 0) is 19.1 Å². The summed E-state index contributed by atoms with van der Waals surface area (Å²) in [5, 5.41) is 11.6. The number of aliphatic carboxylic acids is 1. The number of hydrogen-bond donors (Lipinski definition) is 2. The Balaban J connectivity index is 2.60. The maximum absolute atomic E-state index is 12.2. The van der Waals surface area contributed by atoms with Crippen molar-refractivity contribution in [2.75, 3.05) is 13.2 Å². The third kappa shape index (κ3) is 4.97. The average molecular weight is 297 g/mol. The van der Waals surface area contributed by atoms with Gasteiger partial charge in [0, 0.05) is 12.8 Å². The van der Waals surface area contributed by atoms with E-state index in [0.29, 0.717) is 25.8 Å². The van der Waals surface area contributed by atoms with Gasteiger partial charge in [-0.15, -0.1) is 0 Å². The molecule has 0 aromatic rings. The number of carboxylic acid groups (broad SMARTS) is 1. The van der Waals surface area contributed by atoms with E-state index in [4.69, 9.17) is 9.84 Å². The van der Waals surface area contributed by atoms with E-state index in [1.807, 2.05) is 0 Å². The number of carboxylic acids is 1. The van der Waals surface area contributed by atoms with Crippen molar-refractivity contribution < 1.29 is 24.2 Å². The number of Topliss-reactive ketones (excluding diaryl/α,β-unsaturated/α-hetero) is 1. The van der Waals surface area contributed by atoms with Crippen LogP contribution in [0.3, 0.4) is 0 Å².